The molecule has 0 heterocycles. The zero-order valence-electron chi connectivity index (χ0n) is 23.3. The molecule has 0 aromatic heterocycles. The van der Waals surface area contributed by atoms with Crippen molar-refractivity contribution in [1.82, 2.24) is 0 Å². The number of hydrogen-bond donors (Lipinski definition) is 0. The molecule has 0 aliphatic rings. The predicted octanol–water partition coefficient (Wildman–Crippen LogP) is 9.55. The van der Waals surface area contributed by atoms with Crippen LogP contribution in [0.4, 0.5) is 0 Å². The van der Waals surface area contributed by atoms with Gasteiger partial charge in [-0.15, -0.1) is 13.2 Å². The molecule has 5 heteroatoms. The summed E-state index contributed by atoms with van der Waals surface area (Å²) in [4.78, 5) is 0. The molecule has 0 fully saturated rings. The Morgan fingerprint density at radius 2 is 1.09 bits per heavy atom. The molecule has 0 aliphatic heterocycles. The van der Waals surface area contributed by atoms with Crippen LogP contribution < -0.4 is 0 Å². The third kappa shape index (κ3) is 18.8. The third-order valence-corrected chi connectivity index (χ3v) is 12.6. The fraction of sp³-hybridized carbons (Fsp3) is 0.857. The normalized spacial score (nSPS) is 16.3. The van der Waals surface area contributed by atoms with Gasteiger partial charge in [0.2, 0.25) is 0 Å². The lowest BCUT2D eigenvalue weighted by atomic mass is 10.0. The first-order chi connectivity index (χ1) is 15.7. The molecule has 0 aliphatic carbocycles. The molecule has 0 saturated carbocycles. The third-order valence-electron chi connectivity index (χ3n) is 6.27. The van der Waals surface area contributed by atoms with Crippen molar-refractivity contribution in [3.05, 3.63) is 24.6 Å². The van der Waals surface area contributed by atoms with Crippen LogP contribution in [0.3, 0.4) is 0 Å². The minimum Gasteiger partial charge on any atom is -0.409 e. The Kier molecular flexibility index (Phi) is 19.9. The highest BCUT2D eigenvalue weighted by Gasteiger charge is 2.40. The second-order valence-electron chi connectivity index (χ2n) is 10.5. The summed E-state index contributed by atoms with van der Waals surface area (Å²) >= 11 is 0. The minimum atomic E-state index is -2.49. The Morgan fingerprint density at radius 1 is 0.667 bits per heavy atom. The van der Waals surface area contributed by atoms with Gasteiger partial charge in [-0.2, -0.15) is 0 Å². The summed E-state index contributed by atoms with van der Waals surface area (Å²) in [6, 6.07) is 0. The first kappa shape index (κ1) is 32.8. The Hall–Kier alpha value is -0.206. The van der Waals surface area contributed by atoms with Gasteiger partial charge in [-0.1, -0.05) is 116 Å². The Bertz CT molecular complexity index is 486. The van der Waals surface area contributed by atoms with Crippen LogP contribution in [0.2, 0.25) is 13.1 Å². The maximum absolute atomic E-state index is 6.49. The van der Waals surface area contributed by atoms with Gasteiger partial charge in [0.25, 0.3) is 0 Å². The zero-order chi connectivity index (χ0) is 25.0. The van der Waals surface area contributed by atoms with Crippen LogP contribution in [0.15, 0.2) is 24.6 Å². The Labute approximate surface area is 210 Å². The summed E-state index contributed by atoms with van der Waals surface area (Å²) in [6.07, 6.45) is 20.3. The van der Waals surface area contributed by atoms with Gasteiger partial charge in [0.15, 0.2) is 0 Å². The van der Waals surface area contributed by atoms with Gasteiger partial charge >= 0.3 is 17.1 Å². The van der Waals surface area contributed by atoms with E-state index in [2.05, 4.69) is 53.9 Å². The van der Waals surface area contributed by atoms with Crippen LogP contribution in [-0.2, 0) is 13.0 Å². The average molecular weight is 499 g/mol. The predicted molar refractivity (Wildman–Crippen MR) is 151 cm³/mol. The molecule has 0 rings (SSSR count). The van der Waals surface area contributed by atoms with Gasteiger partial charge in [-0.25, -0.2) is 0 Å². The molecule has 0 radical (unpaired) electrons. The molecule has 33 heavy (non-hydrogen) atoms. The Morgan fingerprint density at radius 3 is 1.48 bits per heavy atom. The molecule has 0 aromatic rings. The van der Waals surface area contributed by atoms with Crippen molar-refractivity contribution in [2.45, 2.75) is 143 Å². The SMILES string of the molecule is C=C[Si](C)(OCCCCCCCCCCCCCCCC)O[Si](C)(C=C)OC(C)CC(C)C. The van der Waals surface area contributed by atoms with Crippen molar-refractivity contribution in [3.63, 3.8) is 0 Å². The first-order valence-electron chi connectivity index (χ1n) is 14.0. The van der Waals surface area contributed by atoms with E-state index in [0.29, 0.717) is 5.92 Å². The van der Waals surface area contributed by atoms with Crippen LogP contribution in [-0.4, -0.2) is 29.8 Å². The number of hydrogen-bond acceptors (Lipinski definition) is 3. The summed E-state index contributed by atoms with van der Waals surface area (Å²) in [7, 11) is -4.95. The van der Waals surface area contributed by atoms with Gasteiger partial charge < -0.3 is 13.0 Å². The van der Waals surface area contributed by atoms with Gasteiger partial charge in [-0.3, -0.25) is 0 Å². The summed E-state index contributed by atoms with van der Waals surface area (Å²) in [5.74, 6) is 0.600. The van der Waals surface area contributed by atoms with Crippen molar-refractivity contribution in [1.29, 1.82) is 0 Å². The van der Waals surface area contributed by atoms with E-state index in [9.17, 15) is 0 Å². The summed E-state index contributed by atoms with van der Waals surface area (Å²) in [5, 5.41) is 0. The van der Waals surface area contributed by atoms with Gasteiger partial charge in [0, 0.05) is 12.7 Å². The van der Waals surface area contributed by atoms with Crippen LogP contribution in [0.1, 0.15) is 124 Å². The number of unbranched alkanes of at least 4 members (excludes halogenated alkanes) is 13. The summed E-state index contributed by atoms with van der Waals surface area (Å²) < 4.78 is 19.1. The van der Waals surface area contributed by atoms with Crippen molar-refractivity contribution in [3.8, 4) is 0 Å². The minimum absolute atomic E-state index is 0.161. The topological polar surface area (TPSA) is 27.7 Å². The molecule has 196 valence electrons. The molecule has 3 atom stereocenters. The second-order valence-corrected chi connectivity index (χ2v) is 16.8. The monoisotopic (exact) mass is 498 g/mol. The van der Waals surface area contributed by atoms with E-state index >= 15 is 0 Å². The van der Waals surface area contributed by atoms with E-state index in [4.69, 9.17) is 13.0 Å². The van der Waals surface area contributed by atoms with E-state index in [-0.39, 0.29) is 6.10 Å². The van der Waals surface area contributed by atoms with Crippen LogP contribution in [0.25, 0.3) is 0 Å². The van der Waals surface area contributed by atoms with Gasteiger partial charge in [-0.05, 0) is 38.8 Å². The summed E-state index contributed by atoms with van der Waals surface area (Å²) in [5.41, 5.74) is 3.77. The molecule has 0 spiro atoms. The van der Waals surface area contributed by atoms with Gasteiger partial charge in [0.05, 0.1) is 0 Å². The molecule has 0 saturated heterocycles. The van der Waals surface area contributed by atoms with Crippen molar-refractivity contribution < 1.29 is 13.0 Å². The molecule has 0 N–H and O–H groups in total. The van der Waals surface area contributed by atoms with Crippen molar-refractivity contribution >= 4 is 17.1 Å². The fourth-order valence-electron chi connectivity index (χ4n) is 4.33. The maximum atomic E-state index is 6.49. The molecule has 3 nitrogen and oxygen atoms in total. The second kappa shape index (κ2) is 20.0. The van der Waals surface area contributed by atoms with Crippen LogP contribution in [0, 0.1) is 5.92 Å². The van der Waals surface area contributed by atoms with E-state index in [1.807, 2.05) is 11.4 Å². The summed E-state index contributed by atoms with van der Waals surface area (Å²) in [6.45, 7) is 21.8. The molecule has 3 unspecified atom stereocenters. The highest BCUT2D eigenvalue weighted by atomic mass is 28.5. The van der Waals surface area contributed by atoms with E-state index in [0.717, 1.165) is 19.4 Å². The Balaban J connectivity index is 3.93. The fourth-order valence-corrected chi connectivity index (χ4v) is 10.3. The van der Waals surface area contributed by atoms with Crippen molar-refractivity contribution in [2.75, 3.05) is 6.61 Å². The lowest BCUT2D eigenvalue weighted by molar-refractivity contribution is 0.139. The molecule has 0 amide bonds. The largest absolute Gasteiger partial charge is 0.409 e. The molecule has 0 aromatic carbocycles. The van der Waals surface area contributed by atoms with E-state index < -0.39 is 17.1 Å². The number of rotatable bonds is 24. The smallest absolute Gasteiger partial charge is 0.352 e. The maximum Gasteiger partial charge on any atom is 0.352 e. The highest BCUT2D eigenvalue weighted by molar-refractivity contribution is 6.84. The van der Waals surface area contributed by atoms with E-state index in [1.54, 1.807) is 0 Å². The first-order valence-corrected chi connectivity index (χ1v) is 18.8. The molecular formula is C28H58O3Si2. The molecule has 0 bridgehead atoms. The van der Waals surface area contributed by atoms with E-state index in [1.165, 1.54) is 83.5 Å². The highest BCUT2D eigenvalue weighted by Crippen LogP contribution is 2.23. The molecular weight excluding hydrogens is 440 g/mol. The quantitative estimate of drug-likeness (QED) is 0.0979. The van der Waals surface area contributed by atoms with Crippen LogP contribution >= 0.6 is 0 Å². The standard InChI is InChI=1S/C28H58O3Si2/c1-9-12-13-14-15-16-17-18-19-20-21-22-23-24-25-29-32(7,10-2)31-33(8,11-3)30-28(6)26-27(4)5/h10-11,27-28H,2-3,9,12-26H2,1,4-8H3. The van der Waals surface area contributed by atoms with Crippen LogP contribution in [0.5, 0.6) is 0 Å². The average Bonchev–Trinajstić information content (AvgIpc) is 2.75. The lowest BCUT2D eigenvalue weighted by Gasteiger charge is -2.35. The lowest BCUT2D eigenvalue weighted by Crippen LogP contribution is -2.51. The zero-order valence-corrected chi connectivity index (χ0v) is 25.3. The van der Waals surface area contributed by atoms with Crippen molar-refractivity contribution in [2.24, 2.45) is 5.92 Å². The van der Waals surface area contributed by atoms with Gasteiger partial charge in [0.1, 0.15) is 0 Å².